The van der Waals surface area contributed by atoms with Crippen molar-refractivity contribution >= 4 is 11.9 Å². The summed E-state index contributed by atoms with van der Waals surface area (Å²) in [6.45, 7) is 4.39. The van der Waals surface area contributed by atoms with Crippen molar-refractivity contribution in [3.8, 4) is 0 Å². The van der Waals surface area contributed by atoms with Crippen LogP contribution >= 0.6 is 0 Å². The van der Waals surface area contributed by atoms with E-state index in [1.54, 1.807) is 0 Å². The van der Waals surface area contributed by atoms with Crippen molar-refractivity contribution in [1.29, 1.82) is 0 Å². The fraction of sp³-hybridized carbons (Fsp3) is 0.391. The first-order valence-electron chi connectivity index (χ1n) is 10.0. The summed E-state index contributed by atoms with van der Waals surface area (Å²) < 4.78 is 0. The second-order valence-electron chi connectivity index (χ2n) is 8.02. The molecule has 1 saturated carbocycles. The first-order valence-corrected chi connectivity index (χ1v) is 10.0. The number of carbonyl (C=O) groups is 2. The Balaban J connectivity index is 1.30. The van der Waals surface area contributed by atoms with Gasteiger partial charge in [-0.3, -0.25) is 4.79 Å². The molecule has 0 unspecified atom stereocenters. The minimum Gasteiger partial charge on any atom is -0.335 e. The SMILES string of the molecule is Cc1cccc(CC2(NC(=O)N3CCN(C(=O)c4ccccc4)CC3)CC2)c1. The van der Waals surface area contributed by atoms with Crippen molar-refractivity contribution < 1.29 is 9.59 Å². The highest BCUT2D eigenvalue weighted by Crippen LogP contribution is 2.39. The molecule has 0 radical (unpaired) electrons. The van der Waals surface area contributed by atoms with Crippen molar-refractivity contribution in [2.45, 2.75) is 31.7 Å². The fourth-order valence-electron chi connectivity index (χ4n) is 3.89. The predicted molar refractivity (Wildman–Crippen MR) is 109 cm³/mol. The Morgan fingerprint density at radius 1 is 0.929 bits per heavy atom. The first-order chi connectivity index (χ1) is 13.5. The van der Waals surface area contributed by atoms with Gasteiger partial charge in [-0.25, -0.2) is 4.79 Å². The second kappa shape index (κ2) is 7.66. The van der Waals surface area contributed by atoms with E-state index in [4.69, 9.17) is 0 Å². The maximum atomic E-state index is 12.8. The summed E-state index contributed by atoms with van der Waals surface area (Å²) in [7, 11) is 0. The Hall–Kier alpha value is -2.82. The second-order valence-corrected chi connectivity index (χ2v) is 8.02. The summed E-state index contributed by atoms with van der Waals surface area (Å²) in [6, 6.07) is 17.8. The van der Waals surface area contributed by atoms with Gasteiger partial charge in [0.1, 0.15) is 0 Å². The number of hydrogen-bond acceptors (Lipinski definition) is 2. The first kappa shape index (κ1) is 18.5. The van der Waals surface area contributed by atoms with Gasteiger partial charge in [0.2, 0.25) is 0 Å². The smallest absolute Gasteiger partial charge is 0.317 e. The fourth-order valence-corrected chi connectivity index (χ4v) is 3.89. The third-order valence-electron chi connectivity index (χ3n) is 5.73. The monoisotopic (exact) mass is 377 g/mol. The Labute approximate surface area is 166 Å². The Morgan fingerprint density at radius 3 is 2.25 bits per heavy atom. The topological polar surface area (TPSA) is 52.7 Å². The van der Waals surface area contributed by atoms with Crippen LogP contribution < -0.4 is 5.32 Å². The van der Waals surface area contributed by atoms with E-state index in [9.17, 15) is 9.59 Å². The minimum atomic E-state index is -0.0954. The largest absolute Gasteiger partial charge is 0.335 e. The lowest BCUT2D eigenvalue weighted by atomic mass is 10.0. The van der Waals surface area contributed by atoms with Gasteiger partial charge in [0.05, 0.1) is 0 Å². The molecule has 146 valence electrons. The molecule has 2 fully saturated rings. The Kier molecular flexibility index (Phi) is 5.07. The van der Waals surface area contributed by atoms with Gasteiger partial charge in [-0.05, 0) is 43.9 Å². The molecule has 2 aliphatic rings. The Bertz CT molecular complexity index is 853. The molecule has 5 heteroatoms. The normalized spacial score (nSPS) is 17.9. The van der Waals surface area contributed by atoms with Gasteiger partial charge in [0.15, 0.2) is 0 Å². The molecular weight excluding hydrogens is 350 g/mol. The summed E-state index contributed by atoms with van der Waals surface area (Å²) >= 11 is 0. The van der Waals surface area contributed by atoms with E-state index in [-0.39, 0.29) is 17.5 Å². The van der Waals surface area contributed by atoms with Crippen LogP contribution in [0.5, 0.6) is 0 Å². The van der Waals surface area contributed by atoms with E-state index in [2.05, 4.69) is 36.5 Å². The summed E-state index contributed by atoms with van der Waals surface area (Å²) in [5.74, 6) is 0.0405. The van der Waals surface area contributed by atoms with Crippen molar-refractivity contribution in [3.05, 3.63) is 71.3 Å². The zero-order chi connectivity index (χ0) is 19.6. The summed E-state index contributed by atoms with van der Waals surface area (Å²) in [5, 5.41) is 3.26. The molecule has 2 aromatic rings. The van der Waals surface area contributed by atoms with E-state index in [1.807, 2.05) is 40.1 Å². The highest BCUT2D eigenvalue weighted by Gasteiger charge is 2.44. The van der Waals surface area contributed by atoms with Crippen LogP contribution in [0.4, 0.5) is 4.79 Å². The Morgan fingerprint density at radius 2 is 1.61 bits per heavy atom. The number of hydrogen-bond donors (Lipinski definition) is 1. The number of rotatable bonds is 4. The molecule has 3 amide bonds. The van der Waals surface area contributed by atoms with Gasteiger partial charge in [0, 0.05) is 37.3 Å². The quantitative estimate of drug-likeness (QED) is 0.889. The summed E-state index contributed by atoms with van der Waals surface area (Å²) in [6.07, 6.45) is 2.94. The van der Waals surface area contributed by atoms with Crippen LogP contribution in [0.1, 0.15) is 34.3 Å². The lowest BCUT2D eigenvalue weighted by molar-refractivity contribution is 0.0662. The van der Waals surface area contributed by atoms with Crippen molar-refractivity contribution in [2.75, 3.05) is 26.2 Å². The molecule has 2 aromatic carbocycles. The van der Waals surface area contributed by atoms with Gasteiger partial charge in [0.25, 0.3) is 5.91 Å². The lowest BCUT2D eigenvalue weighted by Gasteiger charge is -2.35. The van der Waals surface area contributed by atoms with Crippen LogP contribution in [0.25, 0.3) is 0 Å². The van der Waals surface area contributed by atoms with Crippen LogP contribution in [-0.4, -0.2) is 53.5 Å². The zero-order valence-corrected chi connectivity index (χ0v) is 16.4. The molecule has 0 aromatic heterocycles. The third-order valence-corrected chi connectivity index (χ3v) is 5.73. The summed E-state index contributed by atoms with van der Waals surface area (Å²) in [4.78, 5) is 29.0. The average Bonchev–Trinajstić information content (AvgIpc) is 3.47. The molecule has 4 rings (SSSR count). The molecule has 1 N–H and O–H groups in total. The zero-order valence-electron chi connectivity index (χ0n) is 16.4. The highest BCUT2D eigenvalue weighted by molar-refractivity contribution is 5.94. The van der Waals surface area contributed by atoms with Crippen LogP contribution in [0.3, 0.4) is 0 Å². The molecule has 5 nitrogen and oxygen atoms in total. The number of aryl methyl sites for hydroxylation is 1. The van der Waals surface area contributed by atoms with Crippen LogP contribution in [-0.2, 0) is 6.42 Å². The number of nitrogens with zero attached hydrogens (tertiary/aromatic N) is 2. The highest BCUT2D eigenvalue weighted by atomic mass is 16.2. The van der Waals surface area contributed by atoms with E-state index >= 15 is 0 Å². The van der Waals surface area contributed by atoms with Crippen molar-refractivity contribution in [2.24, 2.45) is 0 Å². The molecule has 1 heterocycles. The molecule has 1 saturated heterocycles. The van der Waals surface area contributed by atoms with Gasteiger partial charge >= 0.3 is 6.03 Å². The molecule has 0 atom stereocenters. The maximum absolute atomic E-state index is 12.8. The van der Waals surface area contributed by atoms with E-state index in [1.165, 1.54) is 11.1 Å². The lowest BCUT2D eigenvalue weighted by Crippen LogP contribution is -2.55. The third kappa shape index (κ3) is 4.19. The number of urea groups is 1. The van der Waals surface area contributed by atoms with Gasteiger partial charge in [-0.1, -0.05) is 48.0 Å². The molecule has 1 aliphatic carbocycles. The number of amides is 3. The maximum Gasteiger partial charge on any atom is 0.317 e. The molecule has 0 spiro atoms. The standard InChI is InChI=1S/C23H27N3O2/c1-18-6-5-7-19(16-18)17-23(10-11-23)24-22(28)26-14-12-25(13-15-26)21(27)20-8-3-2-4-9-20/h2-9,16H,10-15,17H2,1H3,(H,24,28). The molecule has 1 aliphatic heterocycles. The number of piperazine rings is 1. The van der Waals surface area contributed by atoms with Crippen molar-refractivity contribution in [3.63, 3.8) is 0 Å². The number of nitrogens with one attached hydrogen (secondary N) is 1. The predicted octanol–water partition coefficient (Wildman–Crippen LogP) is 3.24. The van der Waals surface area contributed by atoms with Gasteiger partial charge in [-0.15, -0.1) is 0 Å². The number of benzene rings is 2. The molecular formula is C23H27N3O2. The van der Waals surface area contributed by atoms with Gasteiger partial charge in [-0.2, -0.15) is 0 Å². The van der Waals surface area contributed by atoms with E-state index in [0.29, 0.717) is 31.7 Å². The molecule has 0 bridgehead atoms. The van der Waals surface area contributed by atoms with Gasteiger partial charge < -0.3 is 15.1 Å². The van der Waals surface area contributed by atoms with Crippen LogP contribution in [0.2, 0.25) is 0 Å². The van der Waals surface area contributed by atoms with E-state index in [0.717, 1.165) is 19.3 Å². The average molecular weight is 377 g/mol. The van der Waals surface area contributed by atoms with Crippen LogP contribution in [0, 0.1) is 6.92 Å². The molecule has 28 heavy (non-hydrogen) atoms. The number of carbonyl (C=O) groups excluding carboxylic acids is 2. The van der Waals surface area contributed by atoms with Crippen LogP contribution in [0.15, 0.2) is 54.6 Å². The summed E-state index contributed by atoms with van der Waals surface area (Å²) in [5.41, 5.74) is 3.13. The van der Waals surface area contributed by atoms with Crippen molar-refractivity contribution in [1.82, 2.24) is 15.1 Å². The minimum absolute atomic E-state index is 0.00281. The van der Waals surface area contributed by atoms with E-state index < -0.39 is 0 Å².